The van der Waals surface area contributed by atoms with E-state index in [0.29, 0.717) is 0 Å². The lowest BCUT2D eigenvalue weighted by molar-refractivity contribution is -0.288. The van der Waals surface area contributed by atoms with E-state index in [9.17, 15) is 26.7 Å². The number of nitrogens with two attached hydrogens (primary N) is 1. The van der Waals surface area contributed by atoms with Gasteiger partial charge in [0.15, 0.2) is 0 Å². The quantitative estimate of drug-likeness (QED) is 0.646. The molecule has 0 saturated heterocycles. The van der Waals surface area contributed by atoms with Crippen LogP contribution >= 0.6 is 0 Å². The average Bonchev–Trinajstić information content (AvgIpc) is 2.12. The summed E-state index contributed by atoms with van der Waals surface area (Å²) in [5, 5.41) is 3.97. The van der Waals surface area contributed by atoms with Crippen molar-refractivity contribution < 1.29 is 26.7 Å². The number of carbonyl (C=O) groups excluding carboxylic acids is 1. The first-order valence-corrected chi connectivity index (χ1v) is 4.34. The SMILES string of the molecule is CCNC(=O)NCC(N)C(F)(F)C(F)(F)F. The molecule has 0 saturated carbocycles. The topological polar surface area (TPSA) is 67.2 Å². The molecule has 16 heavy (non-hydrogen) atoms. The molecule has 0 aromatic carbocycles. The van der Waals surface area contributed by atoms with Crippen LogP contribution in [0.4, 0.5) is 26.7 Å². The second-order valence-electron chi connectivity index (χ2n) is 2.97. The number of hydrogen-bond acceptors (Lipinski definition) is 2. The second kappa shape index (κ2) is 5.28. The lowest BCUT2D eigenvalue weighted by Crippen LogP contribution is -2.57. The summed E-state index contributed by atoms with van der Waals surface area (Å²) in [5.74, 6) is -5.04. The molecular weight excluding hydrogens is 237 g/mol. The fraction of sp³-hybridized carbons (Fsp3) is 0.857. The van der Waals surface area contributed by atoms with Gasteiger partial charge in [-0.3, -0.25) is 0 Å². The number of alkyl halides is 5. The van der Waals surface area contributed by atoms with Crippen LogP contribution in [0.5, 0.6) is 0 Å². The fourth-order valence-corrected chi connectivity index (χ4v) is 0.764. The van der Waals surface area contributed by atoms with Gasteiger partial charge in [-0.15, -0.1) is 0 Å². The minimum Gasteiger partial charge on any atom is -0.338 e. The molecule has 1 unspecified atom stereocenters. The van der Waals surface area contributed by atoms with E-state index in [1.807, 2.05) is 0 Å². The van der Waals surface area contributed by atoms with E-state index >= 15 is 0 Å². The molecule has 1 atom stereocenters. The second-order valence-corrected chi connectivity index (χ2v) is 2.97. The number of rotatable bonds is 4. The Morgan fingerprint density at radius 1 is 1.25 bits per heavy atom. The Morgan fingerprint density at radius 3 is 2.12 bits per heavy atom. The molecule has 0 aromatic heterocycles. The van der Waals surface area contributed by atoms with Crippen LogP contribution in [-0.4, -0.2) is 37.3 Å². The van der Waals surface area contributed by atoms with Crippen LogP contribution in [-0.2, 0) is 0 Å². The van der Waals surface area contributed by atoms with Crippen molar-refractivity contribution in [1.82, 2.24) is 10.6 Å². The molecule has 4 N–H and O–H groups in total. The van der Waals surface area contributed by atoms with E-state index in [-0.39, 0.29) is 6.54 Å². The van der Waals surface area contributed by atoms with Gasteiger partial charge in [-0.1, -0.05) is 0 Å². The first kappa shape index (κ1) is 14.9. The lowest BCUT2D eigenvalue weighted by atomic mass is 10.1. The van der Waals surface area contributed by atoms with Crippen LogP contribution in [0.3, 0.4) is 0 Å². The summed E-state index contributed by atoms with van der Waals surface area (Å²) < 4.78 is 60.5. The smallest absolute Gasteiger partial charge is 0.338 e. The average molecular weight is 249 g/mol. The molecule has 9 heteroatoms. The Hall–Kier alpha value is -1.12. The molecule has 0 spiro atoms. The van der Waals surface area contributed by atoms with Crippen LogP contribution in [0.2, 0.25) is 0 Å². The summed E-state index contributed by atoms with van der Waals surface area (Å²) in [6, 6.07) is -3.37. The lowest BCUT2D eigenvalue weighted by Gasteiger charge is -2.25. The molecule has 0 aliphatic rings. The molecule has 96 valence electrons. The van der Waals surface area contributed by atoms with Gasteiger partial charge in [-0.05, 0) is 6.92 Å². The molecule has 0 fully saturated rings. The Kier molecular flexibility index (Phi) is 4.91. The summed E-state index contributed by atoms with van der Waals surface area (Å²) >= 11 is 0. The van der Waals surface area contributed by atoms with Gasteiger partial charge in [0, 0.05) is 13.1 Å². The van der Waals surface area contributed by atoms with E-state index < -0.39 is 30.7 Å². The normalized spacial score (nSPS) is 14.4. The van der Waals surface area contributed by atoms with Crippen LogP contribution in [0.25, 0.3) is 0 Å². The van der Waals surface area contributed by atoms with Gasteiger partial charge < -0.3 is 16.4 Å². The van der Waals surface area contributed by atoms with Crippen molar-refractivity contribution in [2.75, 3.05) is 13.1 Å². The highest BCUT2D eigenvalue weighted by atomic mass is 19.4. The van der Waals surface area contributed by atoms with Gasteiger partial charge in [0.25, 0.3) is 0 Å². The van der Waals surface area contributed by atoms with Gasteiger partial charge in [0.2, 0.25) is 0 Å². The maximum absolute atomic E-state index is 12.5. The van der Waals surface area contributed by atoms with Gasteiger partial charge >= 0.3 is 18.1 Å². The zero-order valence-electron chi connectivity index (χ0n) is 8.37. The highest BCUT2D eigenvalue weighted by molar-refractivity contribution is 5.73. The Labute approximate surface area is 88.4 Å². The third-order valence-electron chi connectivity index (χ3n) is 1.66. The molecule has 0 aromatic rings. The van der Waals surface area contributed by atoms with Crippen molar-refractivity contribution in [1.29, 1.82) is 0 Å². The van der Waals surface area contributed by atoms with Gasteiger partial charge in [-0.25, -0.2) is 4.79 Å². The summed E-state index contributed by atoms with van der Waals surface area (Å²) in [5.41, 5.74) is 4.67. The number of hydrogen-bond donors (Lipinski definition) is 3. The molecule has 0 bridgehead atoms. The highest BCUT2D eigenvalue weighted by Gasteiger charge is 2.61. The van der Waals surface area contributed by atoms with Crippen molar-refractivity contribution in [2.24, 2.45) is 5.73 Å². The molecular formula is C7H12F5N3O. The largest absolute Gasteiger partial charge is 0.455 e. The first-order valence-electron chi connectivity index (χ1n) is 4.34. The molecule has 0 heterocycles. The molecule has 4 nitrogen and oxygen atoms in total. The molecule has 0 aliphatic carbocycles. The van der Waals surface area contributed by atoms with Crippen molar-refractivity contribution in [3.8, 4) is 0 Å². The highest BCUT2D eigenvalue weighted by Crippen LogP contribution is 2.37. The van der Waals surface area contributed by atoms with Crippen LogP contribution in [0.1, 0.15) is 6.92 Å². The summed E-state index contributed by atoms with van der Waals surface area (Å²) in [4.78, 5) is 10.7. The number of nitrogens with one attached hydrogen (secondary N) is 2. The van der Waals surface area contributed by atoms with Gasteiger partial charge in [-0.2, -0.15) is 22.0 Å². The van der Waals surface area contributed by atoms with Gasteiger partial charge in [0.1, 0.15) is 0 Å². The summed E-state index contributed by atoms with van der Waals surface area (Å²) in [6.45, 7) is 0.804. The van der Waals surface area contributed by atoms with Crippen molar-refractivity contribution in [3.63, 3.8) is 0 Å². The first-order chi connectivity index (χ1) is 7.13. The Bertz CT molecular complexity index is 243. The number of halogens is 5. The van der Waals surface area contributed by atoms with Crippen molar-refractivity contribution >= 4 is 6.03 Å². The van der Waals surface area contributed by atoms with E-state index in [0.717, 1.165) is 0 Å². The zero-order valence-corrected chi connectivity index (χ0v) is 8.37. The minimum atomic E-state index is -5.73. The maximum Gasteiger partial charge on any atom is 0.455 e. The monoisotopic (exact) mass is 249 g/mol. The predicted octanol–water partition coefficient (Wildman–Crippen LogP) is 0.830. The molecule has 0 rings (SSSR count). The van der Waals surface area contributed by atoms with E-state index in [1.54, 1.807) is 12.2 Å². The number of amides is 2. The summed E-state index contributed by atoms with van der Waals surface area (Å²) in [7, 11) is 0. The fourth-order valence-electron chi connectivity index (χ4n) is 0.764. The maximum atomic E-state index is 12.5. The van der Waals surface area contributed by atoms with E-state index in [4.69, 9.17) is 0 Å². The Balaban J connectivity index is 4.26. The Morgan fingerprint density at radius 2 is 1.75 bits per heavy atom. The van der Waals surface area contributed by atoms with E-state index in [2.05, 4.69) is 11.1 Å². The standard InChI is InChI=1S/C7H12F5N3O/c1-2-14-5(16)15-3-4(13)6(8,9)7(10,11)12/h4H,2-3,13H2,1H3,(H2,14,15,16). The van der Waals surface area contributed by atoms with Crippen LogP contribution in [0.15, 0.2) is 0 Å². The third kappa shape index (κ3) is 3.80. The minimum absolute atomic E-state index is 0.219. The summed E-state index contributed by atoms with van der Waals surface area (Å²) in [6.07, 6.45) is -5.73. The number of carbonyl (C=O) groups is 1. The molecule has 2 amide bonds. The van der Waals surface area contributed by atoms with Crippen LogP contribution in [0, 0.1) is 0 Å². The third-order valence-corrected chi connectivity index (χ3v) is 1.66. The van der Waals surface area contributed by atoms with Crippen LogP contribution < -0.4 is 16.4 Å². The van der Waals surface area contributed by atoms with Crippen molar-refractivity contribution in [3.05, 3.63) is 0 Å². The molecule has 0 radical (unpaired) electrons. The van der Waals surface area contributed by atoms with Gasteiger partial charge in [0.05, 0.1) is 6.04 Å². The molecule has 0 aliphatic heterocycles. The van der Waals surface area contributed by atoms with Crippen molar-refractivity contribution in [2.45, 2.75) is 25.1 Å². The predicted molar refractivity (Wildman–Crippen MR) is 46.1 cm³/mol. The van der Waals surface area contributed by atoms with E-state index in [1.165, 1.54) is 0 Å². The zero-order chi connectivity index (χ0) is 13.0. The number of urea groups is 1.